The molecule has 0 radical (unpaired) electrons. The van der Waals surface area contributed by atoms with Gasteiger partial charge in [-0.3, -0.25) is 0 Å². The van der Waals surface area contributed by atoms with E-state index in [1.807, 2.05) is 0 Å². The van der Waals surface area contributed by atoms with Gasteiger partial charge < -0.3 is 0 Å². The van der Waals surface area contributed by atoms with Gasteiger partial charge in [0, 0.05) is 6.04 Å². The lowest BCUT2D eigenvalue weighted by Gasteiger charge is -1.98. The second kappa shape index (κ2) is 2.20. The maximum absolute atomic E-state index is 10.8. The first-order valence-electron chi connectivity index (χ1n) is 4.03. The fourth-order valence-corrected chi connectivity index (χ4v) is 2.49. The van der Waals surface area contributed by atoms with Gasteiger partial charge >= 0.3 is 0 Å². The van der Waals surface area contributed by atoms with Crippen LogP contribution in [0.25, 0.3) is 0 Å². The Hall–Kier alpha value is -0.0900. The van der Waals surface area contributed by atoms with Gasteiger partial charge in [0.2, 0.25) is 10.0 Å². The molecule has 11 heavy (non-hydrogen) atoms. The number of hydrogen-bond acceptors (Lipinski definition) is 2. The Morgan fingerprint density at radius 1 is 1.36 bits per heavy atom. The predicted octanol–water partition coefficient (Wildman–Crippen LogP) is 0.334. The quantitative estimate of drug-likeness (QED) is 0.672. The topological polar surface area (TPSA) is 46.2 Å². The summed E-state index contributed by atoms with van der Waals surface area (Å²) in [5.41, 5.74) is 0. The van der Waals surface area contributed by atoms with Gasteiger partial charge in [-0.2, -0.15) is 0 Å². The molecule has 64 valence electrons. The zero-order chi connectivity index (χ0) is 8.06. The highest BCUT2D eigenvalue weighted by molar-refractivity contribution is 7.88. The van der Waals surface area contributed by atoms with Gasteiger partial charge in [0.25, 0.3) is 0 Å². The van der Waals surface area contributed by atoms with E-state index in [2.05, 4.69) is 4.72 Å². The molecule has 0 aromatic heterocycles. The van der Waals surface area contributed by atoms with Crippen LogP contribution >= 0.6 is 0 Å². The smallest absolute Gasteiger partial charge is 0.208 e. The molecular formula is C7H13NO2S. The highest BCUT2D eigenvalue weighted by Crippen LogP contribution is 2.50. The molecule has 0 spiro atoms. The van der Waals surface area contributed by atoms with E-state index in [1.54, 1.807) is 0 Å². The Bertz CT molecular complexity index is 256. The first-order valence-corrected chi connectivity index (χ1v) is 5.93. The summed E-state index contributed by atoms with van der Waals surface area (Å²) in [5.74, 6) is 1.51. The summed E-state index contributed by atoms with van der Waals surface area (Å²) in [7, 11) is -2.95. The Morgan fingerprint density at radius 2 is 2.00 bits per heavy atom. The normalized spacial score (nSPS) is 37.2. The van der Waals surface area contributed by atoms with Crippen molar-refractivity contribution in [3.63, 3.8) is 0 Å². The minimum atomic E-state index is -2.95. The summed E-state index contributed by atoms with van der Waals surface area (Å²) in [6, 6.07) is 0.275. The van der Waals surface area contributed by atoms with Crippen LogP contribution in [-0.4, -0.2) is 20.7 Å². The van der Waals surface area contributed by atoms with Gasteiger partial charge in [-0.05, 0) is 31.1 Å². The fourth-order valence-electron chi connectivity index (χ4n) is 1.67. The molecule has 1 N–H and O–H groups in total. The van der Waals surface area contributed by atoms with Gasteiger partial charge in [-0.1, -0.05) is 0 Å². The molecule has 0 saturated heterocycles. The molecule has 0 aromatic carbocycles. The minimum absolute atomic E-state index is 0.275. The Labute approximate surface area is 67.2 Å². The molecule has 0 bridgehead atoms. The van der Waals surface area contributed by atoms with Crippen LogP contribution in [0.5, 0.6) is 0 Å². The van der Waals surface area contributed by atoms with Gasteiger partial charge in [0.1, 0.15) is 0 Å². The number of nitrogens with one attached hydrogen (secondary N) is 1. The second-order valence-electron chi connectivity index (χ2n) is 3.73. The maximum atomic E-state index is 10.8. The SMILES string of the molecule is CS(=O)(=O)N[C@@H]1C[C@H]1C1CC1. The van der Waals surface area contributed by atoms with Crippen LogP contribution in [-0.2, 0) is 10.0 Å². The number of hydrogen-bond donors (Lipinski definition) is 1. The van der Waals surface area contributed by atoms with Gasteiger partial charge in [0.05, 0.1) is 6.26 Å². The summed E-state index contributed by atoms with van der Waals surface area (Å²) < 4.78 is 24.2. The van der Waals surface area contributed by atoms with Crippen molar-refractivity contribution >= 4 is 10.0 Å². The van der Waals surface area contributed by atoms with Crippen LogP contribution in [0.3, 0.4) is 0 Å². The average Bonchev–Trinajstić information content (AvgIpc) is 2.41. The Balaban J connectivity index is 1.83. The standard InChI is InChI=1S/C7H13NO2S/c1-11(9,10)8-7-4-6(7)5-2-3-5/h5-8H,2-4H2,1H3/t6-,7+/m0/s1. The molecule has 2 fully saturated rings. The summed E-state index contributed by atoms with van der Waals surface area (Å²) in [6.45, 7) is 0. The van der Waals surface area contributed by atoms with Gasteiger partial charge in [0.15, 0.2) is 0 Å². The minimum Gasteiger partial charge on any atom is -0.213 e. The zero-order valence-corrected chi connectivity index (χ0v) is 7.39. The van der Waals surface area contributed by atoms with E-state index in [0.29, 0.717) is 5.92 Å². The van der Waals surface area contributed by atoms with Crippen molar-refractivity contribution in [3.05, 3.63) is 0 Å². The first-order chi connectivity index (χ1) is 5.06. The van der Waals surface area contributed by atoms with Crippen LogP contribution in [0.1, 0.15) is 19.3 Å². The van der Waals surface area contributed by atoms with E-state index in [9.17, 15) is 8.42 Å². The molecule has 0 unspecified atom stereocenters. The number of sulfonamides is 1. The average molecular weight is 175 g/mol. The van der Waals surface area contributed by atoms with E-state index in [1.165, 1.54) is 19.1 Å². The molecular weight excluding hydrogens is 162 g/mol. The van der Waals surface area contributed by atoms with Crippen LogP contribution < -0.4 is 4.72 Å². The van der Waals surface area contributed by atoms with E-state index >= 15 is 0 Å². The van der Waals surface area contributed by atoms with Crippen molar-refractivity contribution in [2.45, 2.75) is 25.3 Å². The Kier molecular flexibility index (Phi) is 1.51. The van der Waals surface area contributed by atoms with Gasteiger partial charge in [-0.15, -0.1) is 0 Å². The summed E-state index contributed by atoms with van der Waals surface area (Å²) in [5, 5.41) is 0. The molecule has 2 rings (SSSR count). The molecule has 2 saturated carbocycles. The molecule has 2 aliphatic carbocycles. The third kappa shape index (κ3) is 1.93. The lowest BCUT2D eigenvalue weighted by molar-refractivity contribution is 0.578. The molecule has 0 aliphatic heterocycles. The highest BCUT2D eigenvalue weighted by atomic mass is 32.2. The highest BCUT2D eigenvalue weighted by Gasteiger charge is 2.48. The van der Waals surface area contributed by atoms with Crippen LogP contribution in [0, 0.1) is 11.8 Å². The summed E-state index contributed by atoms with van der Waals surface area (Å²) >= 11 is 0. The third-order valence-electron chi connectivity index (χ3n) is 2.43. The largest absolute Gasteiger partial charge is 0.213 e. The zero-order valence-electron chi connectivity index (χ0n) is 6.58. The van der Waals surface area contributed by atoms with Crippen LogP contribution in [0.4, 0.5) is 0 Å². The van der Waals surface area contributed by atoms with Crippen LogP contribution in [0.2, 0.25) is 0 Å². The van der Waals surface area contributed by atoms with Crippen molar-refractivity contribution in [2.75, 3.05) is 6.26 Å². The first kappa shape index (κ1) is 7.55. The van der Waals surface area contributed by atoms with Gasteiger partial charge in [-0.25, -0.2) is 13.1 Å². The van der Waals surface area contributed by atoms with E-state index in [-0.39, 0.29) is 6.04 Å². The fraction of sp³-hybridized carbons (Fsp3) is 1.00. The molecule has 0 heterocycles. The lowest BCUT2D eigenvalue weighted by Crippen LogP contribution is -2.25. The van der Waals surface area contributed by atoms with Crippen LogP contribution in [0.15, 0.2) is 0 Å². The third-order valence-corrected chi connectivity index (χ3v) is 3.16. The molecule has 2 aliphatic rings. The number of rotatable bonds is 3. The molecule has 3 nitrogen and oxygen atoms in total. The molecule has 4 heteroatoms. The van der Waals surface area contributed by atoms with Crippen molar-refractivity contribution in [1.82, 2.24) is 4.72 Å². The lowest BCUT2D eigenvalue weighted by atomic mass is 10.3. The van der Waals surface area contributed by atoms with Crippen molar-refractivity contribution < 1.29 is 8.42 Å². The monoisotopic (exact) mass is 175 g/mol. The van der Waals surface area contributed by atoms with Crippen molar-refractivity contribution in [2.24, 2.45) is 11.8 Å². The van der Waals surface area contributed by atoms with Crippen molar-refractivity contribution in [3.8, 4) is 0 Å². The predicted molar refractivity (Wildman–Crippen MR) is 42.6 cm³/mol. The van der Waals surface area contributed by atoms with E-state index in [4.69, 9.17) is 0 Å². The van der Waals surface area contributed by atoms with E-state index in [0.717, 1.165) is 12.3 Å². The maximum Gasteiger partial charge on any atom is 0.208 e. The summed E-state index contributed by atoms with van der Waals surface area (Å²) in [6.07, 6.45) is 4.92. The molecule has 0 aromatic rings. The molecule has 2 atom stereocenters. The summed E-state index contributed by atoms with van der Waals surface area (Å²) in [4.78, 5) is 0. The molecule has 0 amide bonds. The van der Waals surface area contributed by atoms with Crippen molar-refractivity contribution in [1.29, 1.82) is 0 Å². The van der Waals surface area contributed by atoms with E-state index < -0.39 is 10.0 Å². The Morgan fingerprint density at radius 3 is 2.45 bits per heavy atom. The second-order valence-corrected chi connectivity index (χ2v) is 5.51.